The molecule has 0 aliphatic rings. The topological polar surface area (TPSA) is 230 Å². The summed E-state index contributed by atoms with van der Waals surface area (Å²) < 4.78 is 30.8. The van der Waals surface area contributed by atoms with Crippen LogP contribution in [0, 0.1) is 19.8 Å². The first-order chi connectivity index (χ1) is 29.6. The van der Waals surface area contributed by atoms with Crippen LogP contribution < -0.4 is 24.7 Å². The first-order valence-electron chi connectivity index (χ1n) is 20.1. The molecule has 0 saturated heterocycles. The van der Waals surface area contributed by atoms with Gasteiger partial charge < -0.3 is 39.3 Å². The Bertz CT molecular complexity index is 2210. The van der Waals surface area contributed by atoms with Crippen LogP contribution >= 0.6 is 12.4 Å². The van der Waals surface area contributed by atoms with Gasteiger partial charge in [-0.25, -0.2) is 14.8 Å². The normalized spacial score (nSPS) is 13.1. The number of nitrogens with zero attached hydrogens (tertiary/aromatic N) is 2. The van der Waals surface area contributed by atoms with Gasteiger partial charge in [0.05, 0.1) is 20.1 Å². The molecule has 0 radical (unpaired) electrons. The van der Waals surface area contributed by atoms with E-state index in [-0.39, 0.29) is 83.2 Å². The molecule has 16 nitrogen and oxygen atoms in total. The molecule has 0 unspecified atom stereocenters. The number of hydrogen-bond donors (Lipinski definition) is 2. The van der Waals surface area contributed by atoms with Crippen molar-refractivity contribution in [2.45, 2.75) is 106 Å². The highest BCUT2D eigenvalue weighted by molar-refractivity contribution is 6.00. The Hall–Kier alpha value is -6.39. The zero-order chi connectivity index (χ0) is 47.6. The van der Waals surface area contributed by atoms with E-state index in [4.69, 9.17) is 39.3 Å². The molecular weight excluding hydrogens is 850 g/mol. The number of nitrogens with two attached hydrogens (primary N) is 1. The summed E-state index contributed by atoms with van der Waals surface area (Å²) in [6.45, 7) is 17.5. The van der Waals surface area contributed by atoms with Gasteiger partial charge in [-0.05, 0) is 56.9 Å². The maximum absolute atomic E-state index is 12.8. The number of halogens is 1. The molecule has 64 heavy (non-hydrogen) atoms. The molecule has 17 heteroatoms. The van der Waals surface area contributed by atoms with Crippen molar-refractivity contribution >= 4 is 48.0 Å². The number of carbonyl (C=O) groups is 6. The number of esters is 4. The van der Waals surface area contributed by atoms with Gasteiger partial charge in [0, 0.05) is 56.6 Å². The minimum atomic E-state index is -1.29. The van der Waals surface area contributed by atoms with E-state index in [1.807, 2.05) is 64.1 Å². The number of Topliss-reactive ketones (excluding diaryl/α,β-unsaturated/α-hetero) is 1. The number of aromatic carboxylic acids is 1. The zero-order valence-electron chi connectivity index (χ0n) is 38.3. The second-order valence-electron chi connectivity index (χ2n) is 14.8. The molecular formula is C47H60ClN3O13. The molecule has 6 atom stereocenters. The van der Waals surface area contributed by atoms with Gasteiger partial charge in [0.15, 0.2) is 28.7 Å². The van der Waals surface area contributed by atoms with Crippen LogP contribution in [-0.2, 0) is 28.7 Å². The van der Waals surface area contributed by atoms with Crippen molar-refractivity contribution in [3.8, 4) is 23.0 Å². The molecule has 0 saturated carbocycles. The lowest BCUT2D eigenvalue weighted by Gasteiger charge is -2.23. The Morgan fingerprint density at radius 2 is 1.02 bits per heavy atom. The van der Waals surface area contributed by atoms with Crippen molar-refractivity contribution in [1.82, 2.24) is 9.97 Å². The number of pyridine rings is 2. The molecule has 0 spiro atoms. The van der Waals surface area contributed by atoms with Gasteiger partial charge in [-0.3, -0.25) is 24.0 Å². The fourth-order valence-corrected chi connectivity index (χ4v) is 5.97. The number of rotatable bonds is 16. The van der Waals surface area contributed by atoms with Crippen LogP contribution in [0.4, 0.5) is 0 Å². The van der Waals surface area contributed by atoms with E-state index in [0.29, 0.717) is 0 Å². The predicted molar refractivity (Wildman–Crippen MR) is 240 cm³/mol. The van der Waals surface area contributed by atoms with E-state index >= 15 is 0 Å². The SMILES string of the molecule is COc1ccnc(C(=O)C[C@@H](C)C(=O)O[C@@H](C)[C@@H](C)c2ccccc2C)c1OC(C)=O.COc1ccnc(C(=O)O)c1OC(C)=O.Cc1ccccc1[C@H](C)[C@H](C)OC(=O)[C@H](C)N.Cl. The molecule has 0 amide bonds. The Morgan fingerprint density at radius 1 is 0.625 bits per heavy atom. The van der Waals surface area contributed by atoms with Gasteiger partial charge in [0.1, 0.15) is 18.2 Å². The molecule has 3 N–H and O–H groups in total. The molecule has 2 aromatic heterocycles. The highest BCUT2D eigenvalue weighted by atomic mass is 35.5. The predicted octanol–water partition coefficient (Wildman–Crippen LogP) is 7.78. The maximum Gasteiger partial charge on any atom is 0.358 e. The number of ether oxygens (including phenoxy) is 6. The van der Waals surface area contributed by atoms with Gasteiger partial charge in [-0.15, -0.1) is 12.4 Å². The molecule has 4 aromatic rings. The molecule has 2 aromatic carbocycles. The number of carboxylic acids is 1. The number of hydrogen-bond acceptors (Lipinski definition) is 15. The summed E-state index contributed by atoms with van der Waals surface area (Å²) in [7, 11) is 2.74. The number of carboxylic acid groups (broad SMARTS) is 1. The fourth-order valence-electron chi connectivity index (χ4n) is 5.97. The maximum atomic E-state index is 12.8. The summed E-state index contributed by atoms with van der Waals surface area (Å²) >= 11 is 0. The van der Waals surface area contributed by atoms with E-state index in [0.717, 1.165) is 18.1 Å². The first kappa shape index (κ1) is 55.6. The number of ketones is 1. The van der Waals surface area contributed by atoms with Crippen molar-refractivity contribution in [2.75, 3.05) is 14.2 Å². The molecule has 0 bridgehead atoms. The highest BCUT2D eigenvalue weighted by Crippen LogP contribution is 2.32. The van der Waals surface area contributed by atoms with E-state index in [1.54, 1.807) is 13.8 Å². The molecule has 4 rings (SSSR count). The van der Waals surface area contributed by atoms with Gasteiger partial charge in [-0.1, -0.05) is 69.3 Å². The average Bonchev–Trinajstić information content (AvgIpc) is 3.23. The number of methoxy groups -OCH3 is 2. The van der Waals surface area contributed by atoms with Crippen molar-refractivity contribution < 1.29 is 62.3 Å². The molecule has 348 valence electrons. The van der Waals surface area contributed by atoms with Gasteiger partial charge in [-0.2, -0.15) is 0 Å². The first-order valence-corrected chi connectivity index (χ1v) is 20.1. The summed E-state index contributed by atoms with van der Waals surface area (Å²) in [6.07, 6.45) is 1.97. The van der Waals surface area contributed by atoms with E-state index in [9.17, 15) is 28.8 Å². The summed E-state index contributed by atoms with van der Waals surface area (Å²) in [4.78, 5) is 77.4. The number of benzene rings is 2. The van der Waals surface area contributed by atoms with Crippen LogP contribution in [0.25, 0.3) is 0 Å². The second kappa shape index (κ2) is 26.9. The van der Waals surface area contributed by atoms with E-state index < -0.39 is 41.6 Å². The lowest BCUT2D eigenvalue weighted by molar-refractivity contribution is -0.153. The Labute approximate surface area is 380 Å². The van der Waals surface area contributed by atoms with E-state index in [1.165, 1.54) is 56.8 Å². The number of aryl methyl sites for hydroxylation is 2. The standard InChI is InChI=1S/C24H29NO6.C14H21NO2.C9H9NO5.ClH/c1-14-9-7-8-10-19(14)16(3)17(4)30-24(28)15(2)13-20(27)22-23(31-18(5)26)21(29-6)11-12-25-22;1-9-7-5-6-8-13(9)10(2)12(4)17-14(16)11(3)15;1-5(11)15-8-6(14-2)3-4-10-7(8)9(12)13;/h7-12,15-17H,13H2,1-6H3;5-8,10-12H,15H2,1-4H3;3-4H,1-2H3,(H,12,13);1H/t15-,16-,17+;10-,11+,12+;;/m11../s1. The second-order valence-corrected chi connectivity index (χ2v) is 14.8. The lowest BCUT2D eigenvalue weighted by Crippen LogP contribution is -2.33. The lowest BCUT2D eigenvalue weighted by atomic mass is 9.92. The zero-order valence-corrected chi connectivity index (χ0v) is 39.1. The summed E-state index contributed by atoms with van der Waals surface area (Å²) in [5, 5.41) is 8.79. The van der Waals surface area contributed by atoms with Gasteiger partial charge in [0.25, 0.3) is 0 Å². The minimum absolute atomic E-state index is 0. The molecule has 0 fully saturated rings. The van der Waals surface area contributed by atoms with Crippen LogP contribution in [0.3, 0.4) is 0 Å². The molecule has 2 heterocycles. The summed E-state index contributed by atoms with van der Waals surface area (Å²) in [5.41, 5.74) is 9.72. The monoisotopic (exact) mass is 909 g/mol. The highest BCUT2D eigenvalue weighted by Gasteiger charge is 2.28. The Kier molecular flexibility index (Phi) is 23.4. The third-order valence-corrected chi connectivity index (χ3v) is 9.77. The minimum Gasteiger partial charge on any atom is -0.493 e. The third-order valence-electron chi connectivity index (χ3n) is 9.77. The van der Waals surface area contributed by atoms with Crippen LogP contribution in [0.15, 0.2) is 73.1 Å². The summed E-state index contributed by atoms with van der Waals surface area (Å²) in [5.74, 6) is -4.19. The van der Waals surface area contributed by atoms with E-state index in [2.05, 4.69) is 35.9 Å². The van der Waals surface area contributed by atoms with Crippen LogP contribution in [-0.4, -0.2) is 83.2 Å². The van der Waals surface area contributed by atoms with Crippen molar-refractivity contribution in [2.24, 2.45) is 11.7 Å². The van der Waals surface area contributed by atoms with Crippen LogP contribution in [0.1, 0.15) is 117 Å². The summed E-state index contributed by atoms with van der Waals surface area (Å²) in [6, 6.07) is 18.4. The van der Waals surface area contributed by atoms with Crippen molar-refractivity contribution in [3.05, 3.63) is 107 Å². The number of aromatic nitrogens is 2. The quantitative estimate of drug-likeness (QED) is 0.0807. The third kappa shape index (κ3) is 16.7. The van der Waals surface area contributed by atoms with Crippen LogP contribution in [0.5, 0.6) is 23.0 Å². The Balaban J connectivity index is 0.000000524. The van der Waals surface area contributed by atoms with Gasteiger partial charge in [0.2, 0.25) is 11.5 Å². The Morgan fingerprint density at radius 3 is 1.39 bits per heavy atom. The largest absolute Gasteiger partial charge is 0.493 e. The van der Waals surface area contributed by atoms with Crippen LogP contribution in [0.2, 0.25) is 0 Å². The van der Waals surface area contributed by atoms with Gasteiger partial charge >= 0.3 is 29.8 Å². The number of carbonyl (C=O) groups excluding carboxylic acids is 5. The van der Waals surface area contributed by atoms with Crippen molar-refractivity contribution in [3.63, 3.8) is 0 Å². The average molecular weight is 910 g/mol. The van der Waals surface area contributed by atoms with Crippen molar-refractivity contribution in [1.29, 1.82) is 0 Å². The fraction of sp³-hybridized carbons (Fsp3) is 0.404. The molecule has 0 aliphatic carbocycles. The molecule has 0 aliphatic heterocycles. The smallest absolute Gasteiger partial charge is 0.358 e.